The highest BCUT2D eigenvalue weighted by molar-refractivity contribution is 7.66. The maximum Gasteiger partial charge on any atom is 0.490 e. The van der Waals surface area contributed by atoms with Gasteiger partial charge in [0.05, 0.1) is 45.9 Å². The van der Waals surface area contributed by atoms with Crippen molar-refractivity contribution < 1.29 is 103 Å². The van der Waals surface area contributed by atoms with Gasteiger partial charge in [0.15, 0.2) is 30.2 Å². The van der Waals surface area contributed by atoms with Crippen LogP contribution in [0.25, 0.3) is 22.3 Å². The van der Waals surface area contributed by atoms with Crippen LogP contribution in [0.5, 0.6) is 0 Å². The fraction of sp³-hybridized carbons (Fsp3) is 0.588. The largest absolute Gasteiger partial charge is 0.490 e. The minimum atomic E-state index is -6.18. The Labute approximate surface area is 412 Å². The van der Waals surface area contributed by atoms with Gasteiger partial charge >= 0.3 is 42.4 Å². The molecule has 5 unspecified atom stereocenters. The van der Waals surface area contributed by atoms with Gasteiger partial charge < -0.3 is 74.2 Å². The number of phosphoric ester groups is 2. The van der Waals surface area contributed by atoms with E-state index in [1.165, 1.54) is 41.3 Å². The summed E-state index contributed by atoms with van der Waals surface area (Å²) in [5.74, 6) is -1.38. The number of nitrogens with zero attached hydrogens (tertiary/aromatic N) is 8. The lowest BCUT2D eigenvalue weighted by molar-refractivity contribution is -0.745. The average molecular weight is 1130 g/mol. The number of H-pyrrole nitrogens is 2. The van der Waals surface area contributed by atoms with Gasteiger partial charge in [0.25, 0.3) is 17.1 Å². The Kier molecular flexibility index (Phi) is 16.1. The molecule has 0 spiro atoms. The zero-order valence-electron chi connectivity index (χ0n) is 38.7. The van der Waals surface area contributed by atoms with E-state index in [2.05, 4.69) is 33.5 Å². The Bertz CT molecular complexity index is 3260. The second-order valence-electron chi connectivity index (χ2n) is 16.6. The van der Waals surface area contributed by atoms with Crippen molar-refractivity contribution in [3.05, 3.63) is 62.4 Å². The molecule has 5 aromatic heterocycles. The molecule has 408 valence electrons. The summed E-state index contributed by atoms with van der Waals surface area (Å²) in [6, 6.07) is 0.996. The first-order valence-electron chi connectivity index (χ1n) is 21.3. The summed E-state index contributed by atoms with van der Waals surface area (Å²) < 4.78 is 116. The number of hydrogen-bond acceptors (Lipinski definition) is 26. The number of aryl methyl sites for hydroxylation is 1. The molecular formula is C34H49N12O24P4+. The van der Waals surface area contributed by atoms with Crippen LogP contribution < -0.4 is 32.8 Å². The Morgan fingerprint density at radius 3 is 2.05 bits per heavy atom. The van der Waals surface area contributed by atoms with Gasteiger partial charge in [0.1, 0.15) is 54.1 Å². The second kappa shape index (κ2) is 21.4. The van der Waals surface area contributed by atoms with Crippen LogP contribution in [-0.4, -0.2) is 170 Å². The zero-order valence-corrected chi connectivity index (χ0v) is 42.3. The summed E-state index contributed by atoms with van der Waals surface area (Å²) >= 11 is 0. The van der Waals surface area contributed by atoms with Gasteiger partial charge in [-0.2, -0.15) is 8.62 Å². The number of aromatic nitrogens is 10. The molecule has 0 aromatic carbocycles. The van der Waals surface area contributed by atoms with Crippen LogP contribution in [0.1, 0.15) is 18.7 Å². The van der Waals surface area contributed by atoms with E-state index in [1.807, 2.05) is 4.98 Å². The summed E-state index contributed by atoms with van der Waals surface area (Å²) in [5.41, 5.74) is 7.52. The molecule has 0 amide bonds. The molecule has 8 heterocycles. The van der Waals surface area contributed by atoms with Crippen molar-refractivity contribution in [2.45, 2.75) is 67.1 Å². The molecule has 3 aliphatic rings. The minimum Gasteiger partial charge on any atom is -0.387 e. The summed E-state index contributed by atoms with van der Waals surface area (Å²) in [6.07, 6.45) is -10.3. The number of nitrogens with two attached hydrogens (primary N) is 2. The number of anilines is 2. The van der Waals surface area contributed by atoms with E-state index < -0.39 is 141 Å². The maximum atomic E-state index is 14.4. The number of phosphoric acid groups is 3. The summed E-state index contributed by atoms with van der Waals surface area (Å²) in [5, 5.41) is 22.4. The first-order valence-corrected chi connectivity index (χ1v) is 27.5. The maximum absolute atomic E-state index is 14.4. The van der Waals surface area contributed by atoms with E-state index in [4.69, 9.17) is 53.5 Å². The molecule has 5 aromatic rings. The van der Waals surface area contributed by atoms with E-state index in [9.17, 15) is 62.4 Å². The predicted molar refractivity (Wildman–Crippen MR) is 241 cm³/mol. The Morgan fingerprint density at radius 1 is 0.770 bits per heavy atom. The molecule has 36 nitrogen and oxygen atoms in total. The monoisotopic (exact) mass is 1130 g/mol. The predicted octanol–water partition coefficient (Wildman–Crippen LogP) is -3.25. The minimum absolute atomic E-state index is 0.00879. The van der Waals surface area contributed by atoms with Gasteiger partial charge in [0.2, 0.25) is 11.7 Å². The molecule has 40 heteroatoms. The number of aliphatic hydroxyl groups is 2. The van der Waals surface area contributed by atoms with E-state index in [1.54, 1.807) is 0 Å². The van der Waals surface area contributed by atoms with Crippen LogP contribution in [0.4, 0.5) is 11.8 Å². The number of nitrogens with one attached hydrogen (secondary N) is 2. The molecule has 8 rings (SSSR count). The highest BCUT2D eigenvalue weighted by atomic mass is 31.3. The van der Waals surface area contributed by atoms with Crippen LogP contribution in [0.3, 0.4) is 0 Å². The molecule has 0 saturated carbocycles. The van der Waals surface area contributed by atoms with Gasteiger partial charge in [-0.15, -0.1) is 0 Å². The normalized spacial score (nSPS) is 30.6. The van der Waals surface area contributed by atoms with Crippen molar-refractivity contribution in [2.75, 3.05) is 59.2 Å². The van der Waals surface area contributed by atoms with Gasteiger partial charge in [-0.05, 0) is 0 Å². The Balaban J connectivity index is 0.962. The molecule has 0 radical (unpaired) electrons. The third-order valence-corrected chi connectivity index (χ3v) is 18.1. The number of imidazole rings is 2. The molecule has 3 saturated heterocycles. The van der Waals surface area contributed by atoms with E-state index in [-0.39, 0.29) is 40.7 Å². The number of fused-ring (bicyclic) bond motifs is 2. The first-order chi connectivity index (χ1) is 34.8. The number of aliphatic hydroxyl groups excluding tert-OH is 2. The lowest BCUT2D eigenvalue weighted by atomic mass is 9.99. The van der Waals surface area contributed by atoms with Gasteiger partial charge in [-0.25, -0.2) is 38.0 Å². The molecule has 0 aliphatic carbocycles. The fourth-order valence-electron chi connectivity index (χ4n) is 8.71. The summed E-state index contributed by atoms with van der Waals surface area (Å²) in [6.45, 7) is -3.39. The second-order valence-corrected chi connectivity index (χ2v) is 23.2. The Morgan fingerprint density at radius 2 is 1.41 bits per heavy atom. The summed E-state index contributed by atoms with van der Waals surface area (Å²) in [4.78, 5) is 101. The zero-order chi connectivity index (χ0) is 53.8. The number of ether oxygens (including phenoxy) is 6. The third-order valence-electron chi connectivity index (χ3n) is 11.9. The van der Waals surface area contributed by atoms with Crippen molar-refractivity contribution in [1.29, 1.82) is 0 Å². The topological polar surface area (TPSA) is 496 Å². The summed E-state index contributed by atoms with van der Waals surface area (Å²) in [7, 11) is -18.2. The molecular weight excluding hydrogens is 1080 g/mol. The lowest BCUT2D eigenvalue weighted by Gasteiger charge is -2.28. The smallest absolute Gasteiger partial charge is 0.387 e. The number of nitrogen functional groups attached to an aromatic ring is 2. The highest BCUT2D eigenvalue weighted by Gasteiger charge is 2.58. The van der Waals surface area contributed by atoms with Crippen molar-refractivity contribution >= 4 is 65.2 Å². The van der Waals surface area contributed by atoms with Gasteiger partial charge in [0, 0.05) is 39.5 Å². The average Bonchev–Trinajstić information content (AvgIpc) is 4.12. The van der Waals surface area contributed by atoms with Crippen LogP contribution in [-0.2, 0) is 75.9 Å². The number of rotatable bonds is 21. The molecule has 0 bridgehead atoms. The van der Waals surface area contributed by atoms with Crippen LogP contribution in [0.2, 0.25) is 0 Å². The van der Waals surface area contributed by atoms with Crippen LogP contribution in [0.15, 0.2) is 45.6 Å². The van der Waals surface area contributed by atoms with Crippen LogP contribution >= 0.6 is 31.1 Å². The van der Waals surface area contributed by atoms with E-state index in [0.717, 1.165) is 36.6 Å². The Hall–Kier alpha value is -4.58. The van der Waals surface area contributed by atoms with Gasteiger partial charge in [-0.3, -0.25) is 46.9 Å². The highest BCUT2D eigenvalue weighted by Crippen LogP contribution is 2.68. The molecule has 74 heavy (non-hydrogen) atoms. The molecule has 3 aliphatic heterocycles. The van der Waals surface area contributed by atoms with Crippen molar-refractivity contribution in [2.24, 2.45) is 13.0 Å². The molecule has 3 fully saturated rings. The third kappa shape index (κ3) is 11.3. The number of hydrogen-bond donors (Lipinski definition) is 10. The standard InChI is InChI=1S/C34H48N12O24P4/c1-43-13-46(28-20(43)29(50)42-33(36)41-28)30-21(48)14(7-60-2)15(66-30)8-64-72(54,55)69-74(58,59)70-73(56,57)65-10-17-25(24(62-4)32(68-17)45-12-39-19-26(35)37-11-38-27(19)45)71(52,53)63-9-16-22(49)23(61-3)31(67-16)44-6-5-18(47)40-34(44)51/h5-6,11-17,21-25,30-32,48-49H,7-10H2,1-4H3,(H9-,35,36,37,38,40,41,42,47,50,51,52,53,54,55,56,57,58,59)/p+1/t14-,15-,16-,17?,21-,22-,23-,24-,25-,30-,31-,32-/m1/s1. The molecule has 16 atom stereocenters. The number of aromatic amines is 2. The number of methoxy groups -OCH3 is 3. The lowest BCUT2D eigenvalue weighted by Crippen LogP contribution is -2.45. The van der Waals surface area contributed by atoms with Crippen molar-refractivity contribution in [3.8, 4) is 0 Å². The SMILES string of the molecule is COC[C@H]1[C@@H](O)[C@H]([n+]2cn(C)c3c(=O)[nH]c(N)nc32)O[C@@H]1COP(=O)(O)OP(=O)(O)OP(=O)(O)OCC1O[C@@H](n2cnc3c(N)ncnc32)[C@H](OC)[C@@H]1P(=O)(O)OC[C@H]1O[C@@H](n2ccc(=O)[nH]c2=O)[C@H](OC)[C@@H]1O. The van der Waals surface area contributed by atoms with Crippen molar-refractivity contribution in [3.63, 3.8) is 0 Å². The fourth-order valence-corrected chi connectivity index (χ4v) is 14.0. The van der Waals surface area contributed by atoms with Crippen molar-refractivity contribution in [1.82, 2.24) is 43.6 Å². The molecule has 12 N–H and O–H groups in total. The van der Waals surface area contributed by atoms with Gasteiger partial charge in [-0.1, -0.05) is 4.98 Å². The van der Waals surface area contributed by atoms with Crippen LogP contribution in [0, 0.1) is 5.92 Å². The van der Waals surface area contributed by atoms with E-state index >= 15 is 0 Å². The quantitative estimate of drug-likeness (QED) is 0.0255. The first kappa shape index (κ1) is 55.6. The van der Waals surface area contributed by atoms with E-state index in [0.29, 0.717) is 0 Å².